The highest BCUT2D eigenvalue weighted by molar-refractivity contribution is 8.77. The van der Waals surface area contributed by atoms with Gasteiger partial charge in [0, 0.05) is 23.7 Å². The number of carbonyl (C=O) groups excluding carboxylic acids is 1. The van der Waals surface area contributed by atoms with Crippen molar-refractivity contribution in [3.8, 4) is 11.8 Å². The third-order valence-electron chi connectivity index (χ3n) is 3.20. The average molecular weight is 390 g/mol. The van der Waals surface area contributed by atoms with Gasteiger partial charge >= 0.3 is 0 Å². The monoisotopic (exact) mass is 389 g/mol. The molecule has 0 aliphatic carbocycles. The van der Waals surface area contributed by atoms with Crippen molar-refractivity contribution in [3.05, 3.63) is 0 Å². The van der Waals surface area contributed by atoms with Gasteiger partial charge in [0.15, 0.2) is 0 Å². The Labute approximate surface area is 164 Å². The van der Waals surface area contributed by atoms with Crippen molar-refractivity contribution in [2.24, 2.45) is 11.8 Å². The Morgan fingerprint density at radius 2 is 1.92 bits per heavy atom. The van der Waals surface area contributed by atoms with E-state index in [1.165, 1.54) is 12.8 Å². The van der Waals surface area contributed by atoms with Gasteiger partial charge in [-0.2, -0.15) is 0 Å². The van der Waals surface area contributed by atoms with Crippen molar-refractivity contribution in [3.63, 3.8) is 0 Å². The molecule has 0 radical (unpaired) electrons. The van der Waals surface area contributed by atoms with Crippen molar-refractivity contribution in [2.75, 3.05) is 19.1 Å². The van der Waals surface area contributed by atoms with E-state index in [1.807, 2.05) is 24.6 Å². The van der Waals surface area contributed by atoms with Crippen LogP contribution in [-0.2, 0) is 9.53 Å². The molecule has 0 aromatic carbocycles. The van der Waals surface area contributed by atoms with Gasteiger partial charge in [-0.15, -0.1) is 0 Å². The number of carbonyl (C=O) groups is 1. The molecule has 148 valence electrons. The first-order chi connectivity index (χ1) is 11.2. The molecule has 1 amide bonds. The van der Waals surface area contributed by atoms with Gasteiger partial charge in [-0.25, -0.2) is 0 Å². The summed E-state index contributed by atoms with van der Waals surface area (Å²) in [6.45, 7) is 14.3. The first kappa shape index (κ1) is 26.9. The minimum absolute atomic E-state index is 0. The molecule has 0 aromatic heterocycles. The van der Waals surface area contributed by atoms with Crippen LogP contribution in [0.4, 0.5) is 0 Å². The number of rotatable bonds is 12. The Hall–Kier alpha value is -0.310. The van der Waals surface area contributed by atoms with E-state index in [2.05, 4.69) is 44.9 Å². The van der Waals surface area contributed by atoms with Gasteiger partial charge in [0.1, 0.15) is 5.94 Å². The summed E-state index contributed by atoms with van der Waals surface area (Å²) >= 11 is 0. The van der Waals surface area contributed by atoms with Gasteiger partial charge in [0.05, 0.1) is 6.54 Å². The maximum atomic E-state index is 11.6. The lowest BCUT2D eigenvalue weighted by Gasteiger charge is -2.24. The van der Waals surface area contributed by atoms with Crippen LogP contribution >= 0.6 is 21.6 Å². The lowest BCUT2D eigenvalue weighted by Crippen LogP contribution is -2.23. The van der Waals surface area contributed by atoms with Gasteiger partial charge in [0.25, 0.3) is 0 Å². The van der Waals surface area contributed by atoms with Gasteiger partial charge in [-0.1, -0.05) is 68.6 Å². The molecule has 3 nitrogen and oxygen atoms in total. The molecule has 5 heteroatoms. The zero-order valence-electron chi connectivity index (χ0n) is 16.2. The zero-order chi connectivity index (χ0) is 18.4. The second kappa shape index (κ2) is 15.9. The molecular formula is C20H39NO2S2. The highest BCUT2D eigenvalue weighted by atomic mass is 33.1. The lowest BCUT2D eigenvalue weighted by molar-refractivity contribution is -0.121. The molecule has 0 heterocycles. The maximum absolute atomic E-state index is 11.6. The highest BCUT2D eigenvalue weighted by Gasteiger charge is 2.19. The van der Waals surface area contributed by atoms with Crippen molar-refractivity contribution < 1.29 is 9.53 Å². The summed E-state index contributed by atoms with van der Waals surface area (Å²) in [5.74, 6) is 7.80. The summed E-state index contributed by atoms with van der Waals surface area (Å²) in [7, 11) is 3.66. The molecule has 25 heavy (non-hydrogen) atoms. The fourth-order valence-electron chi connectivity index (χ4n) is 1.78. The van der Waals surface area contributed by atoms with Crippen LogP contribution in [0.5, 0.6) is 0 Å². The summed E-state index contributed by atoms with van der Waals surface area (Å²) in [4.78, 5) is 11.6. The molecule has 0 spiro atoms. The Morgan fingerprint density at radius 1 is 1.24 bits per heavy atom. The highest BCUT2D eigenvalue weighted by Crippen LogP contribution is 2.39. The quantitative estimate of drug-likeness (QED) is 0.200. The molecule has 0 aliphatic rings. The minimum Gasteiger partial charge on any atom is -0.370 e. The van der Waals surface area contributed by atoms with E-state index in [0.29, 0.717) is 31.4 Å². The van der Waals surface area contributed by atoms with E-state index >= 15 is 0 Å². The van der Waals surface area contributed by atoms with E-state index in [1.54, 1.807) is 10.8 Å². The van der Waals surface area contributed by atoms with E-state index in [4.69, 9.17) is 4.74 Å². The molecule has 0 aromatic rings. The Bertz CT molecular complexity index is 398. The fraction of sp³-hybridized carbons (Fsp3) is 0.850. The standard InChI is InChI=1S/C19H35NO2S2.CH4/c1-16(2)9-7-13-20-18(21)10-8-14-22-15-23-24-19(5,6)12-11-17(3)4;/h16-17H,8,10-15H2,1-6H3,(H,20,21);1H4. The summed E-state index contributed by atoms with van der Waals surface area (Å²) < 4.78 is 5.88. The number of nitrogens with one attached hydrogen (secondary N) is 1. The largest absolute Gasteiger partial charge is 0.370 e. The summed E-state index contributed by atoms with van der Waals surface area (Å²) in [5.41, 5.74) is 0. The smallest absolute Gasteiger partial charge is 0.220 e. The van der Waals surface area contributed by atoms with Crippen LogP contribution in [-0.4, -0.2) is 29.7 Å². The van der Waals surface area contributed by atoms with Crippen LogP contribution in [0.25, 0.3) is 0 Å². The second-order valence-electron chi connectivity index (χ2n) is 7.28. The Kier molecular flexibility index (Phi) is 17.1. The Balaban J connectivity index is 0. The van der Waals surface area contributed by atoms with Gasteiger partial charge in [0.2, 0.25) is 5.91 Å². The molecule has 1 N–H and O–H groups in total. The van der Waals surface area contributed by atoms with Crippen LogP contribution in [0.1, 0.15) is 74.7 Å². The van der Waals surface area contributed by atoms with Gasteiger partial charge in [-0.05, 0) is 39.0 Å². The van der Waals surface area contributed by atoms with Crippen LogP contribution in [0.3, 0.4) is 0 Å². The van der Waals surface area contributed by atoms with Crippen LogP contribution in [0, 0.1) is 23.7 Å². The molecule has 0 atom stereocenters. The SMILES string of the molecule is C.CC(C)C#CCNC(=O)CCCOCSSC(C)(C)CCC(C)C. The Morgan fingerprint density at radius 3 is 2.52 bits per heavy atom. The third kappa shape index (κ3) is 19.9. The first-order valence-corrected chi connectivity index (χ1v) is 11.2. The number of amides is 1. The molecule has 0 rings (SSSR count). The summed E-state index contributed by atoms with van der Waals surface area (Å²) in [6.07, 6.45) is 3.74. The van der Waals surface area contributed by atoms with E-state index in [9.17, 15) is 4.79 Å². The molecule has 0 unspecified atom stereocenters. The number of ether oxygens (including phenoxy) is 1. The normalized spacial score (nSPS) is 11.0. The maximum Gasteiger partial charge on any atom is 0.220 e. The zero-order valence-corrected chi connectivity index (χ0v) is 17.9. The number of hydrogen-bond acceptors (Lipinski definition) is 4. The molecule has 0 bridgehead atoms. The van der Waals surface area contributed by atoms with Crippen molar-refractivity contribution in [1.29, 1.82) is 0 Å². The summed E-state index contributed by atoms with van der Waals surface area (Å²) in [5, 5.41) is 2.81. The van der Waals surface area contributed by atoms with Crippen molar-refractivity contribution in [1.82, 2.24) is 5.32 Å². The van der Waals surface area contributed by atoms with Crippen molar-refractivity contribution in [2.45, 2.75) is 79.4 Å². The molecular weight excluding hydrogens is 350 g/mol. The average Bonchev–Trinajstić information content (AvgIpc) is 2.48. The van der Waals surface area contributed by atoms with Crippen LogP contribution in [0.2, 0.25) is 0 Å². The summed E-state index contributed by atoms with van der Waals surface area (Å²) in [6, 6.07) is 0. The molecule has 0 fully saturated rings. The van der Waals surface area contributed by atoms with E-state index in [-0.39, 0.29) is 18.1 Å². The van der Waals surface area contributed by atoms with E-state index in [0.717, 1.165) is 12.3 Å². The van der Waals surface area contributed by atoms with Crippen LogP contribution < -0.4 is 5.32 Å². The molecule has 0 saturated carbocycles. The minimum atomic E-state index is 0. The van der Waals surface area contributed by atoms with Crippen molar-refractivity contribution >= 4 is 27.5 Å². The topological polar surface area (TPSA) is 38.3 Å². The molecule has 0 aliphatic heterocycles. The van der Waals surface area contributed by atoms with E-state index < -0.39 is 0 Å². The number of hydrogen-bond donors (Lipinski definition) is 1. The molecule has 0 saturated heterocycles. The van der Waals surface area contributed by atoms with Gasteiger partial charge < -0.3 is 10.1 Å². The fourth-order valence-corrected chi connectivity index (χ4v) is 4.09. The third-order valence-corrected chi connectivity index (χ3v) is 6.23. The second-order valence-corrected chi connectivity index (χ2v) is 10.2. The lowest BCUT2D eigenvalue weighted by atomic mass is 10.0. The predicted octanol–water partition coefficient (Wildman–Crippen LogP) is 5.75. The predicted molar refractivity (Wildman–Crippen MR) is 116 cm³/mol. The first-order valence-electron chi connectivity index (χ1n) is 8.86. The van der Waals surface area contributed by atoms with Gasteiger partial charge in [-0.3, -0.25) is 4.79 Å². The van der Waals surface area contributed by atoms with Crippen LogP contribution in [0.15, 0.2) is 0 Å².